The molecule has 4 aromatic rings. The first-order chi connectivity index (χ1) is 14.7. The predicted molar refractivity (Wildman–Crippen MR) is 121 cm³/mol. The molecule has 2 aromatic carbocycles. The molecular formula is C22H18N4O2S2. The molecule has 0 radical (unpaired) electrons. The van der Waals surface area contributed by atoms with Crippen LogP contribution < -0.4 is 10.1 Å². The van der Waals surface area contributed by atoms with Crippen LogP contribution in [0.1, 0.15) is 16.3 Å². The number of benzene rings is 2. The Bertz CT molecular complexity index is 1170. The molecule has 2 heterocycles. The van der Waals surface area contributed by atoms with E-state index >= 15 is 0 Å². The van der Waals surface area contributed by atoms with Gasteiger partial charge in [-0.2, -0.15) is 0 Å². The number of aromatic nitrogens is 3. The van der Waals surface area contributed by atoms with Crippen LogP contribution in [-0.2, 0) is 11.4 Å². The van der Waals surface area contributed by atoms with Crippen LogP contribution in [0.15, 0.2) is 66.1 Å². The minimum absolute atomic E-state index is 0.268. The highest BCUT2D eigenvalue weighted by Crippen LogP contribution is 2.26. The van der Waals surface area contributed by atoms with Gasteiger partial charge in [0, 0.05) is 17.0 Å². The number of ether oxygens (including phenoxy) is 1. The fraction of sp³-hybridized carbons (Fsp3) is 0.0909. The zero-order valence-corrected chi connectivity index (χ0v) is 17.7. The summed E-state index contributed by atoms with van der Waals surface area (Å²) in [6.07, 6.45) is 3.20. The average molecular weight is 435 g/mol. The first kappa shape index (κ1) is 19.9. The van der Waals surface area contributed by atoms with Crippen molar-refractivity contribution in [1.82, 2.24) is 15.2 Å². The molecule has 6 nitrogen and oxygen atoms in total. The molecule has 150 valence electrons. The Morgan fingerprint density at radius 3 is 2.80 bits per heavy atom. The van der Waals surface area contributed by atoms with Gasteiger partial charge in [0.1, 0.15) is 17.4 Å². The van der Waals surface area contributed by atoms with Gasteiger partial charge in [0.2, 0.25) is 11.0 Å². The molecule has 0 aliphatic carbocycles. The third kappa shape index (κ3) is 5.37. The molecule has 1 amide bonds. The second-order valence-electron chi connectivity index (χ2n) is 6.32. The van der Waals surface area contributed by atoms with Crippen molar-refractivity contribution in [2.24, 2.45) is 0 Å². The molecule has 0 bridgehead atoms. The smallest absolute Gasteiger partial charge is 0.250 e. The van der Waals surface area contributed by atoms with E-state index in [4.69, 9.17) is 4.74 Å². The normalized spacial score (nSPS) is 11.0. The molecule has 1 N–H and O–H groups in total. The third-order valence-corrected chi connectivity index (χ3v) is 5.72. The Kier molecular flexibility index (Phi) is 6.26. The SMILES string of the molecule is Cc1nc(COc2cccc(/C=C/C(=O)Nc3nnc(-c4ccccc4)s3)c2)cs1. The van der Waals surface area contributed by atoms with E-state index in [0.717, 1.165) is 32.6 Å². The molecule has 30 heavy (non-hydrogen) atoms. The van der Waals surface area contributed by atoms with E-state index in [1.165, 1.54) is 17.4 Å². The van der Waals surface area contributed by atoms with E-state index in [1.807, 2.05) is 66.9 Å². The number of anilines is 1. The van der Waals surface area contributed by atoms with Crippen molar-refractivity contribution < 1.29 is 9.53 Å². The largest absolute Gasteiger partial charge is 0.487 e. The number of rotatable bonds is 7. The fourth-order valence-electron chi connectivity index (χ4n) is 2.63. The second-order valence-corrected chi connectivity index (χ2v) is 8.36. The summed E-state index contributed by atoms with van der Waals surface area (Å²) in [5, 5.41) is 15.1. The molecule has 0 saturated carbocycles. The lowest BCUT2D eigenvalue weighted by Crippen LogP contribution is -2.07. The molecule has 8 heteroatoms. The highest BCUT2D eigenvalue weighted by Gasteiger charge is 2.08. The number of aryl methyl sites for hydroxylation is 1. The first-order valence-corrected chi connectivity index (χ1v) is 10.9. The van der Waals surface area contributed by atoms with E-state index in [2.05, 4.69) is 20.5 Å². The second kappa shape index (κ2) is 9.43. The maximum Gasteiger partial charge on any atom is 0.250 e. The number of carbonyl (C=O) groups excluding carboxylic acids is 1. The molecule has 0 spiro atoms. The Balaban J connectivity index is 1.34. The third-order valence-electron chi connectivity index (χ3n) is 4.01. The fourth-order valence-corrected chi connectivity index (χ4v) is 3.98. The van der Waals surface area contributed by atoms with Gasteiger partial charge in [-0.15, -0.1) is 21.5 Å². The molecule has 0 atom stereocenters. The Hall–Kier alpha value is -3.36. The molecule has 0 aliphatic rings. The summed E-state index contributed by atoms with van der Waals surface area (Å²) >= 11 is 2.93. The van der Waals surface area contributed by atoms with Gasteiger partial charge < -0.3 is 4.74 Å². The van der Waals surface area contributed by atoms with Crippen molar-refractivity contribution in [2.45, 2.75) is 13.5 Å². The van der Waals surface area contributed by atoms with E-state index in [9.17, 15) is 4.79 Å². The lowest BCUT2D eigenvalue weighted by Gasteiger charge is -2.05. The maximum absolute atomic E-state index is 12.2. The summed E-state index contributed by atoms with van der Waals surface area (Å²) < 4.78 is 5.79. The van der Waals surface area contributed by atoms with Crippen molar-refractivity contribution in [3.8, 4) is 16.3 Å². The molecule has 4 rings (SSSR count). The number of hydrogen-bond donors (Lipinski definition) is 1. The number of nitrogens with one attached hydrogen (secondary N) is 1. The van der Waals surface area contributed by atoms with Gasteiger partial charge in [-0.05, 0) is 30.7 Å². The molecule has 0 saturated heterocycles. The predicted octanol–water partition coefficient (Wildman–Crippen LogP) is 5.20. The summed E-state index contributed by atoms with van der Waals surface area (Å²) in [4.78, 5) is 16.6. The number of nitrogens with zero attached hydrogens (tertiary/aromatic N) is 3. The highest BCUT2D eigenvalue weighted by atomic mass is 32.1. The summed E-state index contributed by atoms with van der Waals surface area (Å²) in [5.41, 5.74) is 2.74. The first-order valence-electron chi connectivity index (χ1n) is 9.17. The number of carbonyl (C=O) groups is 1. The van der Waals surface area contributed by atoms with Crippen LogP contribution >= 0.6 is 22.7 Å². The molecule has 0 fully saturated rings. The summed E-state index contributed by atoms with van der Waals surface area (Å²) in [6, 6.07) is 17.3. The van der Waals surface area contributed by atoms with Crippen LogP contribution in [-0.4, -0.2) is 21.1 Å². The van der Waals surface area contributed by atoms with Crippen LogP contribution in [0.2, 0.25) is 0 Å². The molecule has 0 unspecified atom stereocenters. The quantitative estimate of drug-likeness (QED) is 0.405. The summed E-state index contributed by atoms with van der Waals surface area (Å²) in [5.74, 6) is 0.454. The Labute approximate surface area is 181 Å². The van der Waals surface area contributed by atoms with Crippen molar-refractivity contribution >= 4 is 39.8 Å². The standard InChI is InChI=1S/C22H18N4O2S2/c1-15-23-18(14-29-15)13-28-19-9-5-6-16(12-19)10-11-20(27)24-22-26-25-21(30-22)17-7-3-2-4-8-17/h2-12,14H,13H2,1H3,(H,24,26,27)/b11-10+. The minimum Gasteiger partial charge on any atom is -0.487 e. The van der Waals surface area contributed by atoms with Crippen LogP contribution in [0.3, 0.4) is 0 Å². The molecule has 0 aliphatic heterocycles. The molecule has 2 aromatic heterocycles. The van der Waals surface area contributed by atoms with Crippen LogP contribution in [0.4, 0.5) is 5.13 Å². The summed E-state index contributed by atoms with van der Waals surface area (Å²) in [6.45, 7) is 2.38. The van der Waals surface area contributed by atoms with Crippen molar-refractivity contribution in [2.75, 3.05) is 5.32 Å². The Morgan fingerprint density at radius 1 is 1.13 bits per heavy atom. The van der Waals surface area contributed by atoms with Gasteiger partial charge in [-0.3, -0.25) is 10.1 Å². The van der Waals surface area contributed by atoms with Gasteiger partial charge in [0.25, 0.3) is 0 Å². The van der Waals surface area contributed by atoms with Gasteiger partial charge in [-0.25, -0.2) is 4.98 Å². The van der Waals surface area contributed by atoms with Gasteiger partial charge in [-0.1, -0.05) is 53.8 Å². The van der Waals surface area contributed by atoms with Crippen molar-refractivity contribution in [3.05, 3.63) is 82.3 Å². The zero-order chi connectivity index (χ0) is 20.8. The van der Waals surface area contributed by atoms with E-state index in [-0.39, 0.29) is 5.91 Å². The Morgan fingerprint density at radius 2 is 2.00 bits per heavy atom. The van der Waals surface area contributed by atoms with Gasteiger partial charge in [0.15, 0.2) is 0 Å². The number of hydrogen-bond acceptors (Lipinski definition) is 7. The number of thiazole rings is 1. The highest BCUT2D eigenvalue weighted by molar-refractivity contribution is 7.18. The van der Waals surface area contributed by atoms with E-state index < -0.39 is 0 Å². The topological polar surface area (TPSA) is 77.0 Å². The summed E-state index contributed by atoms with van der Waals surface area (Å²) in [7, 11) is 0. The van der Waals surface area contributed by atoms with Crippen LogP contribution in [0.25, 0.3) is 16.6 Å². The molecular weight excluding hydrogens is 416 g/mol. The monoisotopic (exact) mass is 434 g/mol. The lowest BCUT2D eigenvalue weighted by atomic mass is 10.2. The van der Waals surface area contributed by atoms with Crippen LogP contribution in [0.5, 0.6) is 5.75 Å². The van der Waals surface area contributed by atoms with Crippen molar-refractivity contribution in [3.63, 3.8) is 0 Å². The van der Waals surface area contributed by atoms with Gasteiger partial charge in [0.05, 0.1) is 10.7 Å². The number of amides is 1. The minimum atomic E-state index is -0.268. The zero-order valence-electron chi connectivity index (χ0n) is 16.1. The van der Waals surface area contributed by atoms with E-state index in [1.54, 1.807) is 17.4 Å². The lowest BCUT2D eigenvalue weighted by molar-refractivity contribution is -0.111. The van der Waals surface area contributed by atoms with Crippen molar-refractivity contribution in [1.29, 1.82) is 0 Å². The average Bonchev–Trinajstić information content (AvgIpc) is 3.41. The van der Waals surface area contributed by atoms with Gasteiger partial charge >= 0.3 is 0 Å². The van der Waals surface area contributed by atoms with E-state index in [0.29, 0.717) is 11.7 Å². The maximum atomic E-state index is 12.2. The van der Waals surface area contributed by atoms with Crippen LogP contribution in [0, 0.1) is 6.92 Å².